The highest BCUT2D eigenvalue weighted by Gasteiger charge is 2.13. The van der Waals surface area contributed by atoms with E-state index >= 15 is 0 Å². The maximum Gasteiger partial charge on any atom is 0.355 e. The monoisotopic (exact) mass is 260 g/mol. The molecule has 0 radical (unpaired) electrons. The molecule has 1 heterocycles. The van der Waals surface area contributed by atoms with Crippen LogP contribution in [0.4, 0.5) is 5.13 Å². The minimum atomic E-state index is -0.997. The predicted octanol–water partition coefficient (Wildman–Crippen LogP) is 1.22. The van der Waals surface area contributed by atoms with Crippen LogP contribution in [0.1, 0.15) is 15.4 Å². The second-order valence-electron chi connectivity index (χ2n) is 3.26. The fourth-order valence-corrected chi connectivity index (χ4v) is 1.98. The number of aromatic carboxylic acids is 1. The number of thiazole rings is 1. The van der Waals surface area contributed by atoms with Crippen molar-refractivity contribution in [2.24, 2.45) is 0 Å². The zero-order valence-electron chi connectivity index (χ0n) is 9.86. The summed E-state index contributed by atoms with van der Waals surface area (Å²) in [6, 6.07) is 0. The van der Waals surface area contributed by atoms with Gasteiger partial charge in [0, 0.05) is 18.5 Å². The van der Waals surface area contributed by atoms with Crippen LogP contribution in [-0.2, 0) is 9.47 Å². The Labute approximate surface area is 104 Å². The standard InChI is InChI=1S/C10H16N2O4S/c1-7-8(9(13)14)12-10(17-7)11-3-4-16-6-5-15-2/h3-6H2,1-2H3,(H,11,12)(H,13,14). The summed E-state index contributed by atoms with van der Waals surface area (Å²) in [7, 11) is 1.62. The number of methoxy groups -OCH3 is 1. The van der Waals surface area contributed by atoms with Crippen molar-refractivity contribution in [2.75, 3.05) is 38.8 Å². The number of carbonyl (C=O) groups is 1. The third kappa shape index (κ3) is 4.68. The van der Waals surface area contributed by atoms with E-state index in [2.05, 4.69) is 10.3 Å². The molecule has 0 unspecified atom stereocenters. The molecule has 0 spiro atoms. The Morgan fingerprint density at radius 1 is 1.47 bits per heavy atom. The smallest absolute Gasteiger partial charge is 0.355 e. The first-order valence-corrected chi connectivity index (χ1v) is 5.98. The summed E-state index contributed by atoms with van der Waals surface area (Å²) in [6.45, 7) is 3.98. The number of carboxylic acid groups (broad SMARTS) is 1. The van der Waals surface area contributed by atoms with Gasteiger partial charge in [-0.25, -0.2) is 9.78 Å². The number of rotatable bonds is 8. The fourth-order valence-electron chi connectivity index (χ4n) is 1.14. The van der Waals surface area contributed by atoms with Gasteiger partial charge in [-0.05, 0) is 6.92 Å². The molecule has 0 amide bonds. The number of hydrogen-bond donors (Lipinski definition) is 2. The number of aryl methyl sites for hydroxylation is 1. The highest BCUT2D eigenvalue weighted by atomic mass is 32.1. The van der Waals surface area contributed by atoms with Crippen LogP contribution < -0.4 is 5.32 Å². The lowest BCUT2D eigenvalue weighted by atomic mass is 10.4. The number of hydrogen-bond acceptors (Lipinski definition) is 6. The van der Waals surface area contributed by atoms with Gasteiger partial charge in [0.1, 0.15) is 0 Å². The number of anilines is 1. The molecule has 7 heteroatoms. The van der Waals surface area contributed by atoms with E-state index in [1.807, 2.05) is 0 Å². The van der Waals surface area contributed by atoms with Crippen LogP contribution in [0.15, 0.2) is 0 Å². The summed E-state index contributed by atoms with van der Waals surface area (Å²) >= 11 is 1.33. The van der Waals surface area contributed by atoms with Crippen molar-refractivity contribution < 1.29 is 19.4 Å². The molecule has 0 aromatic carbocycles. The molecule has 0 fully saturated rings. The van der Waals surface area contributed by atoms with E-state index in [1.54, 1.807) is 14.0 Å². The van der Waals surface area contributed by atoms with Gasteiger partial charge in [-0.3, -0.25) is 0 Å². The van der Waals surface area contributed by atoms with Crippen LogP contribution in [0.25, 0.3) is 0 Å². The van der Waals surface area contributed by atoms with E-state index in [0.29, 0.717) is 36.4 Å². The highest BCUT2D eigenvalue weighted by molar-refractivity contribution is 7.15. The summed E-state index contributed by atoms with van der Waals surface area (Å²) in [6.07, 6.45) is 0. The summed E-state index contributed by atoms with van der Waals surface area (Å²) < 4.78 is 10.1. The van der Waals surface area contributed by atoms with Crippen molar-refractivity contribution >= 4 is 22.4 Å². The van der Waals surface area contributed by atoms with Gasteiger partial charge in [0.15, 0.2) is 10.8 Å². The SMILES string of the molecule is COCCOCCNc1nc(C(=O)O)c(C)s1. The van der Waals surface area contributed by atoms with Crippen molar-refractivity contribution in [3.8, 4) is 0 Å². The van der Waals surface area contributed by atoms with Crippen molar-refractivity contribution in [1.29, 1.82) is 0 Å². The van der Waals surface area contributed by atoms with E-state index < -0.39 is 5.97 Å². The average molecular weight is 260 g/mol. The molecule has 1 rings (SSSR count). The number of carboxylic acids is 1. The van der Waals surface area contributed by atoms with Crippen molar-refractivity contribution in [3.05, 3.63) is 10.6 Å². The van der Waals surface area contributed by atoms with Gasteiger partial charge in [0.05, 0.1) is 19.8 Å². The largest absolute Gasteiger partial charge is 0.476 e. The van der Waals surface area contributed by atoms with Crippen molar-refractivity contribution in [1.82, 2.24) is 4.98 Å². The molecule has 0 saturated heterocycles. The molecule has 0 aliphatic carbocycles. The first-order chi connectivity index (χ1) is 8.15. The number of ether oxygens (including phenoxy) is 2. The van der Waals surface area contributed by atoms with Crippen LogP contribution in [0.3, 0.4) is 0 Å². The third-order valence-corrected chi connectivity index (χ3v) is 2.88. The Morgan fingerprint density at radius 2 is 2.24 bits per heavy atom. The van der Waals surface area contributed by atoms with Crippen molar-refractivity contribution in [2.45, 2.75) is 6.92 Å². The van der Waals surface area contributed by atoms with Crippen LogP contribution in [0.2, 0.25) is 0 Å². The Morgan fingerprint density at radius 3 is 2.82 bits per heavy atom. The Bertz CT molecular complexity index is 367. The first kappa shape index (κ1) is 13.9. The zero-order valence-corrected chi connectivity index (χ0v) is 10.7. The summed E-state index contributed by atoms with van der Waals surface area (Å²) in [5, 5.41) is 12.4. The Kier molecular flexibility index (Phi) is 5.88. The van der Waals surface area contributed by atoms with Crippen molar-refractivity contribution in [3.63, 3.8) is 0 Å². The second-order valence-corrected chi connectivity index (χ2v) is 4.46. The summed E-state index contributed by atoms with van der Waals surface area (Å²) in [4.78, 5) is 15.4. The topological polar surface area (TPSA) is 80.7 Å². The number of nitrogens with one attached hydrogen (secondary N) is 1. The van der Waals surface area contributed by atoms with E-state index in [-0.39, 0.29) is 5.69 Å². The van der Waals surface area contributed by atoms with Gasteiger partial charge < -0.3 is 19.9 Å². The fraction of sp³-hybridized carbons (Fsp3) is 0.600. The van der Waals surface area contributed by atoms with Gasteiger partial charge in [0.2, 0.25) is 0 Å². The van der Waals surface area contributed by atoms with Crippen LogP contribution >= 0.6 is 11.3 Å². The molecule has 0 aliphatic heterocycles. The minimum Gasteiger partial charge on any atom is -0.476 e. The minimum absolute atomic E-state index is 0.109. The van der Waals surface area contributed by atoms with E-state index in [1.165, 1.54) is 11.3 Å². The lowest BCUT2D eigenvalue weighted by molar-refractivity contribution is 0.0690. The van der Waals surface area contributed by atoms with Crippen LogP contribution in [0, 0.1) is 6.92 Å². The molecule has 17 heavy (non-hydrogen) atoms. The molecule has 0 bridgehead atoms. The molecule has 2 N–H and O–H groups in total. The molecular formula is C10H16N2O4S. The van der Waals surface area contributed by atoms with Crippen LogP contribution in [0.5, 0.6) is 0 Å². The normalized spacial score (nSPS) is 10.5. The van der Waals surface area contributed by atoms with Gasteiger partial charge in [0.25, 0.3) is 0 Å². The Balaban J connectivity index is 2.27. The lowest BCUT2D eigenvalue weighted by Gasteiger charge is -2.03. The first-order valence-electron chi connectivity index (χ1n) is 5.16. The number of aromatic nitrogens is 1. The molecule has 0 saturated carbocycles. The summed E-state index contributed by atoms with van der Waals surface area (Å²) in [5.41, 5.74) is 0.109. The highest BCUT2D eigenvalue weighted by Crippen LogP contribution is 2.21. The van der Waals surface area contributed by atoms with E-state index in [4.69, 9.17) is 14.6 Å². The number of nitrogens with zero attached hydrogens (tertiary/aromatic N) is 1. The van der Waals surface area contributed by atoms with Gasteiger partial charge in [-0.15, -0.1) is 11.3 Å². The van der Waals surface area contributed by atoms with Crippen LogP contribution in [-0.4, -0.2) is 49.5 Å². The molecule has 1 aromatic rings. The maximum absolute atomic E-state index is 10.8. The maximum atomic E-state index is 10.8. The van der Waals surface area contributed by atoms with Gasteiger partial charge in [-0.2, -0.15) is 0 Å². The lowest BCUT2D eigenvalue weighted by Crippen LogP contribution is -2.12. The van der Waals surface area contributed by atoms with Gasteiger partial charge >= 0.3 is 5.97 Å². The molecular weight excluding hydrogens is 244 g/mol. The van der Waals surface area contributed by atoms with E-state index in [9.17, 15) is 4.79 Å². The van der Waals surface area contributed by atoms with E-state index in [0.717, 1.165) is 0 Å². The molecule has 0 atom stereocenters. The molecule has 1 aromatic heterocycles. The third-order valence-electron chi connectivity index (χ3n) is 1.95. The summed E-state index contributed by atoms with van der Waals surface area (Å²) in [5.74, 6) is -0.997. The van der Waals surface area contributed by atoms with Gasteiger partial charge in [-0.1, -0.05) is 0 Å². The zero-order chi connectivity index (χ0) is 12.7. The predicted molar refractivity (Wildman–Crippen MR) is 65.0 cm³/mol. The Hall–Kier alpha value is -1.18. The molecule has 96 valence electrons. The molecule has 6 nitrogen and oxygen atoms in total. The average Bonchev–Trinajstić information content (AvgIpc) is 2.65. The second kappa shape index (κ2) is 7.21. The quantitative estimate of drug-likeness (QED) is 0.684. The molecule has 0 aliphatic rings.